The summed E-state index contributed by atoms with van der Waals surface area (Å²) in [7, 11) is 3.23. The Morgan fingerprint density at radius 3 is 2.33 bits per heavy atom. The van der Waals surface area contributed by atoms with Crippen molar-refractivity contribution in [1.29, 1.82) is 5.26 Å². The molecule has 5 nitrogen and oxygen atoms in total. The smallest absolute Gasteiger partial charge is 0.161 e. The van der Waals surface area contributed by atoms with Gasteiger partial charge in [-0.25, -0.2) is 0 Å². The van der Waals surface area contributed by atoms with Crippen LogP contribution in [0, 0.1) is 11.3 Å². The van der Waals surface area contributed by atoms with E-state index in [0.29, 0.717) is 17.1 Å². The normalized spacial score (nSPS) is 10.6. The van der Waals surface area contributed by atoms with Gasteiger partial charge in [0.2, 0.25) is 0 Å². The molecule has 2 aromatic heterocycles. The zero-order chi connectivity index (χ0) is 18.8. The van der Waals surface area contributed by atoms with Crippen LogP contribution in [0.15, 0.2) is 54.7 Å². The van der Waals surface area contributed by atoms with Gasteiger partial charge in [-0.3, -0.25) is 4.98 Å². The molecule has 0 bridgehead atoms. The van der Waals surface area contributed by atoms with Crippen molar-refractivity contribution in [2.45, 2.75) is 0 Å². The fraction of sp³-hybridized carbons (Fsp3) is 0.0952. The third kappa shape index (κ3) is 3.09. The van der Waals surface area contributed by atoms with Crippen LogP contribution >= 0.6 is 11.5 Å². The molecule has 0 atom stereocenters. The minimum absolute atomic E-state index is 0.635. The van der Waals surface area contributed by atoms with Gasteiger partial charge in [0.15, 0.2) is 11.5 Å². The van der Waals surface area contributed by atoms with Crippen LogP contribution < -0.4 is 9.47 Å². The number of nitrogens with zero attached hydrogens (tertiary/aromatic N) is 3. The first-order valence-corrected chi connectivity index (χ1v) is 8.99. The van der Waals surface area contributed by atoms with Gasteiger partial charge >= 0.3 is 0 Å². The van der Waals surface area contributed by atoms with Gasteiger partial charge in [-0.2, -0.15) is 9.64 Å². The van der Waals surface area contributed by atoms with Gasteiger partial charge in [0.25, 0.3) is 0 Å². The van der Waals surface area contributed by atoms with Crippen molar-refractivity contribution in [2.75, 3.05) is 14.2 Å². The summed E-state index contributed by atoms with van der Waals surface area (Å²) in [5.74, 6) is 1.36. The average molecular weight is 373 g/mol. The van der Waals surface area contributed by atoms with Gasteiger partial charge in [-0.1, -0.05) is 18.2 Å². The zero-order valence-electron chi connectivity index (χ0n) is 14.8. The summed E-state index contributed by atoms with van der Waals surface area (Å²) in [6.07, 6.45) is 1.84. The molecule has 27 heavy (non-hydrogen) atoms. The van der Waals surface area contributed by atoms with Crippen molar-refractivity contribution in [2.24, 2.45) is 0 Å². The molecule has 0 N–H and O–H groups in total. The van der Waals surface area contributed by atoms with Crippen LogP contribution in [0.4, 0.5) is 0 Å². The lowest BCUT2D eigenvalue weighted by molar-refractivity contribution is 0.355. The van der Waals surface area contributed by atoms with E-state index in [0.717, 1.165) is 32.6 Å². The lowest BCUT2D eigenvalue weighted by Gasteiger charge is -2.09. The number of pyridine rings is 1. The molecule has 0 aliphatic heterocycles. The third-order valence-electron chi connectivity index (χ3n) is 4.31. The highest BCUT2D eigenvalue weighted by Crippen LogP contribution is 2.35. The largest absolute Gasteiger partial charge is 0.493 e. The number of rotatable bonds is 4. The monoisotopic (exact) mass is 373 g/mol. The van der Waals surface area contributed by atoms with Crippen molar-refractivity contribution in [1.82, 2.24) is 9.36 Å². The van der Waals surface area contributed by atoms with Crippen LogP contribution in [0.5, 0.6) is 11.5 Å². The number of aromatic nitrogens is 2. The van der Waals surface area contributed by atoms with Gasteiger partial charge in [0.05, 0.1) is 30.7 Å². The number of hydrogen-bond donors (Lipinski definition) is 0. The van der Waals surface area contributed by atoms with Gasteiger partial charge in [-0.15, -0.1) is 0 Å². The van der Waals surface area contributed by atoms with Gasteiger partial charge in [0, 0.05) is 11.8 Å². The number of fused-ring (bicyclic) bond motifs is 1. The first-order valence-electron chi connectivity index (χ1n) is 8.22. The lowest BCUT2D eigenvalue weighted by Crippen LogP contribution is -1.91. The summed E-state index contributed by atoms with van der Waals surface area (Å²) < 4.78 is 15.2. The highest BCUT2D eigenvalue weighted by molar-refractivity contribution is 7.11. The quantitative estimate of drug-likeness (QED) is 0.508. The van der Waals surface area contributed by atoms with Crippen molar-refractivity contribution in [3.05, 3.63) is 60.3 Å². The maximum Gasteiger partial charge on any atom is 0.161 e. The van der Waals surface area contributed by atoms with E-state index in [2.05, 4.69) is 15.4 Å². The summed E-state index contributed by atoms with van der Waals surface area (Å²) >= 11 is 1.41. The lowest BCUT2D eigenvalue weighted by atomic mass is 10.1. The summed E-state index contributed by atoms with van der Waals surface area (Å²) in [4.78, 5) is 5.64. The Hall–Kier alpha value is -3.43. The first-order chi connectivity index (χ1) is 13.2. The molecule has 0 spiro atoms. The Bertz CT molecular complexity index is 1160. The molecule has 0 saturated carbocycles. The average Bonchev–Trinajstić information content (AvgIpc) is 3.16. The van der Waals surface area contributed by atoms with E-state index in [1.54, 1.807) is 26.4 Å². The van der Waals surface area contributed by atoms with Crippen molar-refractivity contribution in [3.63, 3.8) is 0 Å². The second-order valence-corrected chi connectivity index (χ2v) is 6.64. The standard InChI is InChI=1S/C21H15N3O2S/c1-25-18-8-7-15(10-19(18)26-2)16-9-17-20(23-12-16)21(27-24-17)14-5-3-13(11-22)4-6-14/h3-10,12H,1-2H3. The Morgan fingerprint density at radius 1 is 0.889 bits per heavy atom. The van der Waals surface area contributed by atoms with E-state index >= 15 is 0 Å². The third-order valence-corrected chi connectivity index (χ3v) is 5.21. The fourth-order valence-corrected chi connectivity index (χ4v) is 3.71. The Morgan fingerprint density at radius 2 is 1.63 bits per heavy atom. The molecule has 6 heteroatoms. The molecule has 0 saturated heterocycles. The molecule has 0 radical (unpaired) electrons. The Kier molecular flexibility index (Phi) is 4.45. The van der Waals surface area contributed by atoms with E-state index in [1.807, 2.05) is 42.6 Å². The molecule has 2 aromatic carbocycles. The summed E-state index contributed by atoms with van der Waals surface area (Å²) in [5, 5.41) is 8.95. The van der Waals surface area contributed by atoms with Gasteiger partial charge in [-0.05, 0) is 53.0 Å². The molecule has 0 aliphatic carbocycles. The molecular weight excluding hydrogens is 358 g/mol. The first kappa shape index (κ1) is 17.0. The predicted octanol–water partition coefficient (Wildman–Crippen LogP) is 4.91. The van der Waals surface area contributed by atoms with Crippen LogP contribution in [0.3, 0.4) is 0 Å². The van der Waals surface area contributed by atoms with E-state index in [9.17, 15) is 0 Å². The van der Waals surface area contributed by atoms with E-state index in [1.165, 1.54) is 11.5 Å². The number of ether oxygens (including phenoxy) is 2. The van der Waals surface area contributed by atoms with E-state index < -0.39 is 0 Å². The second-order valence-electron chi connectivity index (χ2n) is 5.86. The van der Waals surface area contributed by atoms with Gasteiger partial charge < -0.3 is 9.47 Å². The maximum atomic E-state index is 8.95. The summed E-state index contributed by atoms with van der Waals surface area (Å²) in [6.45, 7) is 0. The topological polar surface area (TPSA) is 68.0 Å². The summed E-state index contributed by atoms with van der Waals surface area (Å²) in [5.41, 5.74) is 5.28. The molecule has 4 aromatic rings. The molecular formula is C21H15N3O2S. The van der Waals surface area contributed by atoms with Crippen LogP contribution in [0.1, 0.15) is 5.56 Å². The van der Waals surface area contributed by atoms with Crippen LogP contribution in [-0.4, -0.2) is 23.6 Å². The number of hydrogen-bond acceptors (Lipinski definition) is 6. The van der Waals surface area contributed by atoms with Crippen molar-refractivity contribution in [3.8, 4) is 39.1 Å². The molecule has 2 heterocycles. The minimum Gasteiger partial charge on any atom is -0.493 e. The highest BCUT2D eigenvalue weighted by atomic mass is 32.1. The van der Waals surface area contributed by atoms with Crippen molar-refractivity contribution >= 4 is 22.6 Å². The molecule has 132 valence electrons. The van der Waals surface area contributed by atoms with Crippen LogP contribution in [-0.2, 0) is 0 Å². The Labute approximate surface area is 160 Å². The SMILES string of the molecule is COc1ccc(-c2cnc3c(-c4ccc(C#N)cc4)snc3c2)cc1OC. The van der Waals surface area contributed by atoms with Crippen molar-refractivity contribution < 1.29 is 9.47 Å². The zero-order valence-corrected chi connectivity index (χ0v) is 15.6. The Balaban J connectivity index is 1.75. The molecule has 4 rings (SSSR count). The van der Waals surface area contributed by atoms with E-state index in [4.69, 9.17) is 14.7 Å². The van der Waals surface area contributed by atoms with E-state index in [-0.39, 0.29) is 0 Å². The highest BCUT2D eigenvalue weighted by Gasteiger charge is 2.12. The molecule has 0 amide bonds. The number of nitriles is 1. The van der Waals surface area contributed by atoms with Gasteiger partial charge in [0.1, 0.15) is 11.0 Å². The number of benzene rings is 2. The fourth-order valence-electron chi connectivity index (χ4n) is 2.89. The number of methoxy groups -OCH3 is 2. The maximum absolute atomic E-state index is 8.95. The summed E-state index contributed by atoms with van der Waals surface area (Å²) in [6, 6.07) is 17.4. The second kappa shape index (κ2) is 7.06. The van der Waals surface area contributed by atoms with Crippen LogP contribution in [0.2, 0.25) is 0 Å². The predicted molar refractivity (Wildman–Crippen MR) is 106 cm³/mol. The molecule has 0 fully saturated rings. The molecule has 0 aliphatic rings. The van der Waals surface area contributed by atoms with Crippen LogP contribution in [0.25, 0.3) is 32.6 Å². The molecule has 0 unspecified atom stereocenters. The minimum atomic E-state index is 0.635.